The van der Waals surface area contributed by atoms with Crippen molar-refractivity contribution >= 4 is 28.9 Å². The maximum absolute atomic E-state index is 13.2. The van der Waals surface area contributed by atoms with Gasteiger partial charge in [-0.2, -0.15) is 4.68 Å². The number of nitrogen functional groups attached to an aromatic ring is 1. The molecule has 1 aromatic heterocycles. The van der Waals surface area contributed by atoms with Gasteiger partial charge in [0.2, 0.25) is 11.1 Å². The molecule has 0 spiro atoms. The summed E-state index contributed by atoms with van der Waals surface area (Å²) in [6.45, 7) is 10.1. The van der Waals surface area contributed by atoms with E-state index < -0.39 is 11.1 Å². The molecule has 1 aliphatic heterocycles. The third kappa shape index (κ3) is 4.00. The lowest BCUT2D eigenvalue weighted by molar-refractivity contribution is -0.116. The summed E-state index contributed by atoms with van der Waals surface area (Å²) in [5.41, 5.74) is 2.14. The van der Waals surface area contributed by atoms with Crippen LogP contribution in [0, 0.1) is 6.92 Å². The number of aromatic nitrogens is 3. The third-order valence-electron chi connectivity index (χ3n) is 4.68. The number of nitrogens with two attached hydrogens (primary N) is 1. The zero-order valence-corrected chi connectivity index (χ0v) is 18.0. The average molecular weight is 416 g/mol. The van der Waals surface area contributed by atoms with Crippen LogP contribution in [0.2, 0.25) is 0 Å². The second-order valence-corrected chi connectivity index (χ2v) is 8.30. The fraction of sp³-hybridized carbons (Fsp3) is 0.400. The Morgan fingerprint density at radius 1 is 1.28 bits per heavy atom. The van der Waals surface area contributed by atoms with Gasteiger partial charge in [0.1, 0.15) is 11.4 Å². The molecule has 0 fully saturated rings. The van der Waals surface area contributed by atoms with Gasteiger partial charge < -0.3 is 15.5 Å². The van der Waals surface area contributed by atoms with Crippen molar-refractivity contribution in [2.24, 2.45) is 0 Å². The zero-order valence-electron chi connectivity index (χ0n) is 17.2. The number of nitrogens with zero attached hydrogens (tertiary/aromatic N) is 4. The molecular weight excluding hydrogens is 390 g/mol. The molecule has 0 radical (unpaired) electrons. The predicted molar refractivity (Wildman–Crippen MR) is 115 cm³/mol. The van der Waals surface area contributed by atoms with Crippen LogP contribution in [0.3, 0.4) is 0 Å². The molecule has 3 rings (SSSR count). The Bertz CT molecular complexity index is 1040. The quantitative estimate of drug-likeness (QED) is 0.591. The van der Waals surface area contributed by atoms with Gasteiger partial charge in [0.05, 0.1) is 23.6 Å². The summed E-state index contributed by atoms with van der Waals surface area (Å²) < 4.78 is 6.54. The largest absolute Gasteiger partial charge is 0.494 e. The number of carbonyl (C=O) groups is 1. The topological polar surface area (TPSA) is 103 Å². The highest BCUT2D eigenvalue weighted by Gasteiger charge is 2.36. The van der Waals surface area contributed by atoms with E-state index in [1.807, 2.05) is 45.9 Å². The fourth-order valence-corrected chi connectivity index (χ4v) is 4.18. The van der Waals surface area contributed by atoms with Crippen molar-refractivity contribution < 1.29 is 9.53 Å². The number of amides is 1. The number of anilines is 1. The highest BCUT2D eigenvalue weighted by Crippen LogP contribution is 2.41. The molecule has 8 nitrogen and oxygen atoms in total. The molecule has 1 aliphatic rings. The van der Waals surface area contributed by atoms with Crippen molar-refractivity contribution in [1.29, 1.82) is 0 Å². The summed E-state index contributed by atoms with van der Waals surface area (Å²) >= 11 is 1.09. The Morgan fingerprint density at radius 3 is 2.69 bits per heavy atom. The van der Waals surface area contributed by atoms with Gasteiger partial charge in [0.15, 0.2) is 0 Å². The van der Waals surface area contributed by atoms with E-state index in [9.17, 15) is 9.59 Å². The predicted octanol–water partition coefficient (Wildman–Crippen LogP) is 2.38. The molecule has 1 amide bonds. The molecule has 2 N–H and O–H groups in total. The van der Waals surface area contributed by atoms with E-state index in [1.165, 1.54) is 6.92 Å². The first-order valence-electron chi connectivity index (χ1n) is 9.29. The number of rotatable bonds is 5. The zero-order chi connectivity index (χ0) is 21.3. The Morgan fingerprint density at radius 2 is 2.00 bits per heavy atom. The molecule has 29 heavy (non-hydrogen) atoms. The fourth-order valence-electron chi connectivity index (χ4n) is 3.48. The number of hydrogen-bond acceptors (Lipinski definition) is 7. The number of carbonyl (C=O) groups excluding carboxylic acids is 1. The number of hydrogen-bond donors (Lipinski definition) is 1. The van der Waals surface area contributed by atoms with Crippen LogP contribution in [-0.4, -0.2) is 38.7 Å². The average Bonchev–Trinajstić information content (AvgIpc) is 2.65. The number of allylic oxidation sites excluding steroid dienone is 1. The van der Waals surface area contributed by atoms with Gasteiger partial charge in [0.25, 0.3) is 5.56 Å². The molecule has 0 saturated heterocycles. The van der Waals surface area contributed by atoms with Crippen molar-refractivity contribution in [2.45, 2.75) is 45.3 Å². The summed E-state index contributed by atoms with van der Waals surface area (Å²) in [5.74, 6) is 6.49. The number of ether oxygens (including phenoxy) is 1. The highest BCUT2D eigenvalue weighted by molar-refractivity contribution is 7.99. The normalized spacial score (nSPS) is 14.9. The number of benzene rings is 1. The third-order valence-corrected chi connectivity index (χ3v) is 5.61. The Balaban J connectivity index is 1.90. The molecule has 2 heterocycles. The lowest BCUT2D eigenvalue weighted by Crippen LogP contribution is -2.49. The second-order valence-electron chi connectivity index (χ2n) is 7.35. The first kappa shape index (κ1) is 20.9. The monoisotopic (exact) mass is 415 g/mol. The van der Waals surface area contributed by atoms with Gasteiger partial charge in [0, 0.05) is 5.56 Å². The van der Waals surface area contributed by atoms with Crippen LogP contribution in [0.5, 0.6) is 5.75 Å². The van der Waals surface area contributed by atoms with Crippen molar-refractivity contribution in [3.8, 4) is 5.75 Å². The van der Waals surface area contributed by atoms with Crippen LogP contribution in [0.15, 0.2) is 34.2 Å². The van der Waals surface area contributed by atoms with E-state index in [-0.39, 0.29) is 22.5 Å². The van der Waals surface area contributed by atoms with Crippen molar-refractivity contribution in [2.75, 3.05) is 23.1 Å². The van der Waals surface area contributed by atoms with Gasteiger partial charge in [-0.15, -0.1) is 10.2 Å². The minimum absolute atomic E-state index is 0.0668. The smallest absolute Gasteiger partial charge is 0.294 e. The number of thioether (sulfide) groups is 1. The SMILES string of the molecule is CCOc1ccc2c(c1)C(C)=CC(C)(C)N2C(=O)CSc1nnc(C)c(=O)n1N. The second kappa shape index (κ2) is 7.90. The summed E-state index contributed by atoms with van der Waals surface area (Å²) in [6.07, 6.45) is 2.07. The van der Waals surface area contributed by atoms with E-state index in [2.05, 4.69) is 16.3 Å². The van der Waals surface area contributed by atoms with Gasteiger partial charge in [-0.1, -0.05) is 17.8 Å². The van der Waals surface area contributed by atoms with E-state index in [0.717, 1.165) is 39.0 Å². The lowest BCUT2D eigenvalue weighted by Gasteiger charge is -2.41. The molecular formula is C20H25N5O3S. The van der Waals surface area contributed by atoms with Gasteiger partial charge in [-0.3, -0.25) is 9.59 Å². The van der Waals surface area contributed by atoms with Crippen molar-refractivity contribution in [3.63, 3.8) is 0 Å². The molecule has 9 heteroatoms. The molecule has 0 unspecified atom stereocenters. The van der Waals surface area contributed by atoms with Crippen LogP contribution < -0.4 is 21.0 Å². The Labute approximate surface area is 173 Å². The van der Waals surface area contributed by atoms with Crippen LogP contribution >= 0.6 is 11.8 Å². The van der Waals surface area contributed by atoms with E-state index in [1.54, 1.807) is 4.90 Å². The Hall–Kier alpha value is -2.81. The minimum atomic E-state index is -0.511. The molecule has 2 aromatic rings. The molecule has 154 valence electrons. The maximum atomic E-state index is 13.2. The Kier molecular flexibility index (Phi) is 5.70. The molecule has 1 aromatic carbocycles. The van der Waals surface area contributed by atoms with Crippen LogP contribution in [0.1, 0.15) is 39.0 Å². The molecule has 0 atom stereocenters. The van der Waals surface area contributed by atoms with E-state index >= 15 is 0 Å². The minimum Gasteiger partial charge on any atom is -0.494 e. The van der Waals surface area contributed by atoms with Gasteiger partial charge in [-0.25, -0.2) is 0 Å². The summed E-state index contributed by atoms with van der Waals surface area (Å²) in [4.78, 5) is 26.9. The standard InChI is InChI=1S/C20H25N5O3S/c1-6-28-14-7-8-16-15(9-14)12(2)10-20(4,5)24(16)17(26)11-29-19-23-22-13(3)18(27)25(19)21/h7-10H,6,11,21H2,1-5H3. The van der Waals surface area contributed by atoms with Crippen LogP contribution in [0.25, 0.3) is 5.57 Å². The summed E-state index contributed by atoms with van der Waals surface area (Å²) in [7, 11) is 0. The molecule has 0 aliphatic carbocycles. The van der Waals surface area contributed by atoms with E-state index in [0.29, 0.717) is 6.61 Å². The van der Waals surface area contributed by atoms with Gasteiger partial charge in [-0.05, 0) is 58.4 Å². The summed E-state index contributed by atoms with van der Waals surface area (Å²) in [6, 6.07) is 5.73. The van der Waals surface area contributed by atoms with Gasteiger partial charge >= 0.3 is 0 Å². The van der Waals surface area contributed by atoms with Crippen molar-refractivity contribution in [1.82, 2.24) is 14.9 Å². The molecule has 0 saturated carbocycles. The number of fused-ring (bicyclic) bond motifs is 1. The van der Waals surface area contributed by atoms with Crippen molar-refractivity contribution in [3.05, 3.63) is 45.9 Å². The first-order valence-corrected chi connectivity index (χ1v) is 10.3. The maximum Gasteiger partial charge on any atom is 0.294 e. The summed E-state index contributed by atoms with van der Waals surface area (Å²) in [5, 5.41) is 7.93. The van der Waals surface area contributed by atoms with E-state index in [4.69, 9.17) is 10.6 Å². The molecule has 0 bridgehead atoms. The number of aryl methyl sites for hydroxylation is 1. The van der Waals surface area contributed by atoms with Crippen LogP contribution in [-0.2, 0) is 4.79 Å². The highest BCUT2D eigenvalue weighted by atomic mass is 32.2. The first-order chi connectivity index (χ1) is 13.7. The lowest BCUT2D eigenvalue weighted by atomic mass is 9.88. The van der Waals surface area contributed by atoms with Crippen LogP contribution in [0.4, 0.5) is 5.69 Å².